The van der Waals surface area contributed by atoms with Crippen LogP contribution in [-0.4, -0.2) is 19.7 Å². The molecule has 21 heavy (non-hydrogen) atoms. The van der Waals surface area contributed by atoms with Gasteiger partial charge in [-0.1, -0.05) is 23.7 Å². The molecule has 0 saturated carbocycles. The molecule has 0 unspecified atom stereocenters. The van der Waals surface area contributed by atoms with Gasteiger partial charge in [0.25, 0.3) is 0 Å². The smallest absolute Gasteiger partial charge is 0.187 e. The molecule has 5 nitrogen and oxygen atoms in total. The Labute approximate surface area is 127 Å². The first-order chi connectivity index (χ1) is 9.88. The second-order valence-electron chi connectivity index (χ2n) is 5.90. The molecule has 0 aliphatic heterocycles. The van der Waals surface area contributed by atoms with Crippen LogP contribution in [0.3, 0.4) is 0 Å². The maximum atomic E-state index is 6.05. The summed E-state index contributed by atoms with van der Waals surface area (Å²) in [7, 11) is 0. The number of fused-ring (bicyclic) bond motifs is 1. The van der Waals surface area contributed by atoms with E-state index >= 15 is 0 Å². The summed E-state index contributed by atoms with van der Waals surface area (Å²) >= 11 is 5.98. The predicted octanol–water partition coefficient (Wildman–Crippen LogP) is 3.48. The molecule has 108 valence electrons. The largest absolute Gasteiger partial charge is 0.383 e. The van der Waals surface area contributed by atoms with Gasteiger partial charge in [-0.25, -0.2) is 9.97 Å². The average Bonchev–Trinajstić information content (AvgIpc) is 2.80. The van der Waals surface area contributed by atoms with Crippen molar-refractivity contribution in [2.45, 2.75) is 26.3 Å². The number of rotatable bonds is 1. The Kier molecular flexibility index (Phi) is 3.10. The summed E-state index contributed by atoms with van der Waals surface area (Å²) in [5.41, 5.74) is 8.34. The summed E-state index contributed by atoms with van der Waals surface area (Å²) in [5, 5.41) is 6.06. The summed E-state index contributed by atoms with van der Waals surface area (Å²) in [6, 6.07) is 7.60. The van der Waals surface area contributed by atoms with Crippen molar-refractivity contribution in [3.05, 3.63) is 35.6 Å². The molecule has 0 fully saturated rings. The fourth-order valence-electron chi connectivity index (χ4n) is 2.30. The van der Waals surface area contributed by atoms with Gasteiger partial charge in [-0.2, -0.15) is 5.10 Å². The third kappa shape index (κ3) is 2.34. The van der Waals surface area contributed by atoms with Gasteiger partial charge in [-0.05, 0) is 32.9 Å². The summed E-state index contributed by atoms with van der Waals surface area (Å²) in [6.45, 7) is 6.26. The van der Waals surface area contributed by atoms with Gasteiger partial charge >= 0.3 is 0 Å². The van der Waals surface area contributed by atoms with Crippen molar-refractivity contribution in [3.63, 3.8) is 0 Å². The van der Waals surface area contributed by atoms with Gasteiger partial charge in [0, 0.05) is 10.6 Å². The van der Waals surface area contributed by atoms with E-state index in [0.717, 1.165) is 16.6 Å². The number of hydrogen-bond acceptors (Lipinski definition) is 4. The first-order valence-corrected chi connectivity index (χ1v) is 7.01. The van der Waals surface area contributed by atoms with Crippen LogP contribution < -0.4 is 5.73 Å². The van der Waals surface area contributed by atoms with Gasteiger partial charge in [0.15, 0.2) is 5.65 Å². The lowest BCUT2D eigenvalue weighted by Crippen LogP contribution is -2.24. The lowest BCUT2D eigenvalue weighted by atomic mass is 10.1. The molecule has 0 spiro atoms. The Morgan fingerprint density at radius 2 is 1.76 bits per heavy atom. The van der Waals surface area contributed by atoms with E-state index in [4.69, 9.17) is 17.3 Å². The summed E-state index contributed by atoms with van der Waals surface area (Å²) in [4.78, 5) is 8.32. The molecule has 0 radical (unpaired) electrons. The molecule has 0 atom stereocenters. The molecule has 3 rings (SSSR count). The molecule has 3 aromatic rings. The number of anilines is 1. The third-order valence-electron chi connectivity index (χ3n) is 3.25. The average molecular weight is 302 g/mol. The van der Waals surface area contributed by atoms with Gasteiger partial charge in [0.1, 0.15) is 12.1 Å². The second-order valence-corrected chi connectivity index (χ2v) is 6.33. The monoisotopic (exact) mass is 301 g/mol. The van der Waals surface area contributed by atoms with E-state index in [0.29, 0.717) is 16.5 Å². The summed E-state index contributed by atoms with van der Waals surface area (Å²) < 4.78 is 1.94. The van der Waals surface area contributed by atoms with Gasteiger partial charge < -0.3 is 5.73 Å². The first-order valence-electron chi connectivity index (χ1n) is 6.63. The summed E-state index contributed by atoms with van der Waals surface area (Å²) in [5.74, 6) is 0.431. The van der Waals surface area contributed by atoms with Crippen molar-refractivity contribution in [2.75, 3.05) is 5.73 Å². The van der Waals surface area contributed by atoms with Crippen LogP contribution in [0.1, 0.15) is 20.8 Å². The fourth-order valence-corrected chi connectivity index (χ4v) is 2.43. The van der Waals surface area contributed by atoms with Crippen molar-refractivity contribution in [1.82, 2.24) is 19.7 Å². The topological polar surface area (TPSA) is 69.6 Å². The van der Waals surface area contributed by atoms with E-state index < -0.39 is 0 Å². The minimum Gasteiger partial charge on any atom is -0.383 e. The van der Waals surface area contributed by atoms with Crippen LogP contribution in [0.4, 0.5) is 5.82 Å². The highest BCUT2D eigenvalue weighted by Gasteiger charge is 2.24. The van der Waals surface area contributed by atoms with E-state index in [1.54, 1.807) is 0 Å². The zero-order valence-corrected chi connectivity index (χ0v) is 12.9. The molecule has 1 aromatic carbocycles. The maximum Gasteiger partial charge on any atom is 0.187 e. The predicted molar refractivity (Wildman–Crippen MR) is 85.2 cm³/mol. The highest BCUT2D eigenvalue weighted by atomic mass is 35.5. The van der Waals surface area contributed by atoms with E-state index in [2.05, 4.69) is 35.8 Å². The number of halogens is 1. The normalized spacial score (nSPS) is 12.0. The third-order valence-corrected chi connectivity index (χ3v) is 3.50. The van der Waals surface area contributed by atoms with Gasteiger partial charge in [0.2, 0.25) is 0 Å². The number of nitrogens with two attached hydrogens (primary N) is 1. The van der Waals surface area contributed by atoms with Gasteiger partial charge in [0.05, 0.1) is 16.6 Å². The molecule has 0 amide bonds. The maximum absolute atomic E-state index is 6.05. The lowest BCUT2D eigenvalue weighted by Gasteiger charge is -2.22. The van der Waals surface area contributed by atoms with Crippen molar-refractivity contribution >= 4 is 28.5 Å². The van der Waals surface area contributed by atoms with E-state index in [1.807, 2.05) is 28.9 Å². The number of benzene rings is 1. The van der Waals surface area contributed by atoms with Crippen LogP contribution in [0.5, 0.6) is 0 Å². The molecule has 2 N–H and O–H groups in total. The SMILES string of the molecule is CC(C)(C)n1nc2ncnc(N)c2c1-c1ccc(Cl)cc1. The Morgan fingerprint density at radius 1 is 1.10 bits per heavy atom. The lowest BCUT2D eigenvalue weighted by molar-refractivity contribution is 0.362. The van der Waals surface area contributed by atoms with Crippen molar-refractivity contribution in [3.8, 4) is 11.3 Å². The van der Waals surface area contributed by atoms with E-state index in [-0.39, 0.29) is 5.54 Å². The van der Waals surface area contributed by atoms with Crippen molar-refractivity contribution in [2.24, 2.45) is 0 Å². The highest BCUT2D eigenvalue weighted by molar-refractivity contribution is 6.30. The summed E-state index contributed by atoms with van der Waals surface area (Å²) in [6.07, 6.45) is 1.43. The Balaban J connectivity index is 2.40. The van der Waals surface area contributed by atoms with Crippen LogP contribution >= 0.6 is 11.6 Å². The quantitative estimate of drug-likeness (QED) is 0.747. The Hall–Kier alpha value is -2.14. The highest BCUT2D eigenvalue weighted by Crippen LogP contribution is 2.34. The van der Waals surface area contributed by atoms with Gasteiger partial charge in [-0.3, -0.25) is 4.68 Å². The van der Waals surface area contributed by atoms with Crippen LogP contribution in [0.25, 0.3) is 22.3 Å². The number of aromatic nitrogens is 4. The molecule has 0 saturated heterocycles. The molecule has 0 bridgehead atoms. The fraction of sp³-hybridized carbons (Fsp3) is 0.267. The van der Waals surface area contributed by atoms with Crippen LogP contribution in [0.15, 0.2) is 30.6 Å². The molecular weight excluding hydrogens is 286 g/mol. The minimum absolute atomic E-state index is 0.206. The Bertz CT molecular complexity index is 799. The molecule has 0 aliphatic rings. The van der Waals surface area contributed by atoms with Gasteiger partial charge in [-0.15, -0.1) is 0 Å². The number of nitrogen functional groups attached to an aromatic ring is 1. The minimum atomic E-state index is -0.206. The molecule has 2 aromatic heterocycles. The molecule has 6 heteroatoms. The molecular formula is C15H16ClN5. The van der Waals surface area contributed by atoms with E-state index in [1.165, 1.54) is 6.33 Å². The van der Waals surface area contributed by atoms with Crippen LogP contribution in [0.2, 0.25) is 5.02 Å². The standard InChI is InChI=1S/C15H16ClN5/c1-15(2,3)21-12(9-4-6-10(16)7-5-9)11-13(17)18-8-19-14(11)20-21/h4-8H,1-3H3,(H2,17,18,19,20). The van der Waals surface area contributed by atoms with E-state index in [9.17, 15) is 0 Å². The number of hydrogen-bond donors (Lipinski definition) is 1. The first kappa shape index (κ1) is 13.8. The molecule has 2 heterocycles. The van der Waals surface area contributed by atoms with Crippen molar-refractivity contribution in [1.29, 1.82) is 0 Å². The zero-order chi connectivity index (χ0) is 15.2. The van der Waals surface area contributed by atoms with Crippen LogP contribution in [0, 0.1) is 0 Å². The van der Waals surface area contributed by atoms with Crippen LogP contribution in [-0.2, 0) is 5.54 Å². The zero-order valence-electron chi connectivity index (χ0n) is 12.1. The van der Waals surface area contributed by atoms with Crippen molar-refractivity contribution < 1.29 is 0 Å². The number of nitrogens with zero attached hydrogens (tertiary/aromatic N) is 4. The molecule has 0 aliphatic carbocycles. The Morgan fingerprint density at radius 3 is 2.38 bits per heavy atom. The second kappa shape index (κ2) is 4.70.